The van der Waals surface area contributed by atoms with Gasteiger partial charge in [0.1, 0.15) is 11.4 Å². The molecule has 3 rings (SSSR count). The summed E-state index contributed by atoms with van der Waals surface area (Å²) in [6, 6.07) is 7.82. The number of hydrogen-bond acceptors (Lipinski definition) is 6. The normalized spacial score (nSPS) is 16.1. The van der Waals surface area contributed by atoms with Gasteiger partial charge in [-0.3, -0.25) is 19.7 Å². The number of benzene rings is 2. The van der Waals surface area contributed by atoms with Crippen LogP contribution in [0.1, 0.15) is 21.5 Å². The van der Waals surface area contributed by atoms with Crippen LogP contribution in [0.15, 0.2) is 72.5 Å². The fraction of sp³-hybridized carbons (Fsp3) is 0.0476. The highest BCUT2D eigenvalue weighted by Gasteiger charge is 2.33. The van der Waals surface area contributed by atoms with Gasteiger partial charge in [-0.2, -0.15) is 13.2 Å². The van der Waals surface area contributed by atoms with Crippen LogP contribution in [0.5, 0.6) is 0 Å². The molecule has 0 fully saturated rings. The van der Waals surface area contributed by atoms with Crippen LogP contribution < -0.4 is 5.32 Å². The number of aliphatic hydroxyl groups excluding tert-OH is 1. The first-order chi connectivity index (χ1) is 14.6. The van der Waals surface area contributed by atoms with Crippen LogP contribution in [0.2, 0.25) is 0 Å². The molecule has 2 aromatic carbocycles. The van der Waals surface area contributed by atoms with Gasteiger partial charge < -0.3 is 10.4 Å². The van der Waals surface area contributed by atoms with E-state index in [0.717, 1.165) is 30.4 Å². The van der Waals surface area contributed by atoms with Crippen molar-refractivity contribution in [2.75, 3.05) is 5.32 Å². The number of nitrogens with zero attached hydrogens (tertiary/aromatic N) is 1. The summed E-state index contributed by atoms with van der Waals surface area (Å²) in [5.41, 5.74) is -2.30. The molecule has 2 aromatic rings. The maximum absolute atomic E-state index is 12.9. The van der Waals surface area contributed by atoms with E-state index in [-0.39, 0.29) is 22.5 Å². The van der Waals surface area contributed by atoms with Crippen molar-refractivity contribution in [3.63, 3.8) is 0 Å². The van der Waals surface area contributed by atoms with E-state index in [9.17, 15) is 38.0 Å². The van der Waals surface area contributed by atoms with Crippen LogP contribution in [0.4, 0.5) is 24.5 Å². The van der Waals surface area contributed by atoms with Crippen molar-refractivity contribution in [3.8, 4) is 0 Å². The number of ketones is 2. The molecule has 0 aromatic heterocycles. The fourth-order valence-electron chi connectivity index (χ4n) is 2.82. The topological polar surface area (TPSA) is 110 Å². The summed E-state index contributed by atoms with van der Waals surface area (Å²) >= 11 is 0. The predicted octanol–water partition coefficient (Wildman–Crippen LogP) is 4.83. The first kappa shape index (κ1) is 21.5. The lowest BCUT2D eigenvalue weighted by Gasteiger charge is -2.12. The first-order valence-electron chi connectivity index (χ1n) is 8.67. The smallest absolute Gasteiger partial charge is 0.416 e. The number of aliphatic hydroxyl groups is 1. The molecule has 0 amide bonds. The molecule has 0 saturated carbocycles. The van der Waals surface area contributed by atoms with Crippen molar-refractivity contribution in [1.29, 1.82) is 0 Å². The molecule has 0 spiro atoms. The highest BCUT2D eigenvalue weighted by molar-refractivity contribution is 6.11. The molecule has 31 heavy (non-hydrogen) atoms. The van der Waals surface area contributed by atoms with E-state index in [4.69, 9.17) is 0 Å². The van der Waals surface area contributed by atoms with Crippen molar-refractivity contribution >= 4 is 28.7 Å². The lowest BCUT2D eigenvalue weighted by Crippen LogP contribution is -2.09. The van der Waals surface area contributed by atoms with Gasteiger partial charge in [0, 0.05) is 35.0 Å². The maximum atomic E-state index is 12.9. The number of nitro benzene ring substituents is 1. The number of hydrogen-bond donors (Lipinski definition) is 2. The van der Waals surface area contributed by atoms with Gasteiger partial charge in [-0.25, -0.2) is 0 Å². The Hall–Kier alpha value is -4.21. The average molecular weight is 430 g/mol. The molecule has 7 nitrogen and oxygen atoms in total. The molecule has 1 aliphatic carbocycles. The second-order valence-corrected chi connectivity index (χ2v) is 6.39. The third kappa shape index (κ3) is 4.86. The molecule has 0 saturated heterocycles. The van der Waals surface area contributed by atoms with Crippen molar-refractivity contribution in [1.82, 2.24) is 0 Å². The number of carbonyl (C=O) groups excluding carboxylic acids is 2. The van der Waals surface area contributed by atoms with E-state index >= 15 is 0 Å². The van der Waals surface area contributed by atoms with Crippen molar-refractivity contribution in [2.45, 2.75) is 6.18 Å². The standard InChI is InChI=1S/C21H13F3N2O5/c22-21(23,24)12-5-8-17(18(9-12)26(30)31)25-13-6-7-14(27)11-20(29)16-4-2-1-3-15(16)19(28)10-13/h1-11,25,29H/b7-6?,13-10-,20-11?. The van der Waals surface area contributed by atoms with Crippen molar-refractivity contribution < 1.29 is 32.8 Å². The van der Waals surface area contributed by atoms with Gasteiger partial charge >= 0.3 is 6.18 Å². The Morgan fingerprint density at radius 3 is 2.29 bits per heavy atom. The molecule has 2 N–H and O–H groups in total. The van der Waals surface area contributed by atoms with Gasteiger partial charge in [-0.05, 0) is 24.3 Å². The minimum Gasteiger partial charge on any atom is -0.507 e. The summed E-state index contributed by atoms with van der Waals surface area (Å²) in [7, 11) is 0. The minimum atomic E-state index is -4.78. The Morgan fingerprint density at radius 1 is 0.968 bits per heavy atom. The van der Waals surface area contributed by atoms with Gasteiger partial charge in [0.05, 0.1) is 10.5 Å². The Morgan fingerprint density at radius 2 is 1.65 bits per heavy atom. The second-order valence-electron chi connectivity index (χ2n) is 6.39. The third-order valence-electron chi connectivity index (χ3n) is 4.26. The third-order valence-corrected chi connectivity index (χ3v) is 4.26. The Kier molecular flexibility index (Phi) is 5.73. The number of carbonyl (C=O) groups is 2. The van der Waals surface area contributed by atoms with E-state index in [1.807, 2.05) is 0 Å². The van der Waals surface area contributed by atoms with Gasteiger partial charge in [0.2, 0.25) is 0 Å². The number of allylic oxidation sites excluding steroid dienone is 4. The Bertz CT molecular complexity index is 1180. The SMILES string of the molecule is O=C1C=C/C(Nc2ccc(C(F)(F)F)cc2[N+](=O)[O-])=C/C(=O)c2ccccc2C(O)=C1. The van der Waals surface area contributed by atoms with Crippen molar-refractivity contribution in [2.24, 2.45) is 0 Å². The summed E-state index contributed by atoms with van der Waals surface area (Å²) in [4.78, 5) is 35.0. The minimum absolute atomic E-state index is 0.0561. The summed E-state index contributed by atoms with van der Waals surface area (Å²) in [6.45, 7) is 0. The van der Waals surface area contributed by atoms with E-state index < -0.39 is 39.7 Å². The summed E-state index contributed by atoms with van der Waals surface area (Å²) in [6.07, 6.45) is -0.750. The molecule has 0 radical (unpaired) electrons. The highest BCUT2D eigenvalue weighted by atomic mass is 19.4. The molecule has 1 aliphatic rings. The number of halogens is 3. The lowest BCUT2D eigenvalue weighted by atomic mass is 9.99. The Balaban J connectivity index is 2.07. The van der Waals surface area contributed by atoms with Gasteiger partial charge in [0.25, 0.3) is 5.69 Å². The Labute approximate surface area is 173 Å². The number of anilines is 1. The van der Waals surface area contributed by atoms with Gasteiger partial charge in [0.15, 0.2) is 11.6 Å². The van der Waals surface area contributed by atoms with Gasteiger partial charge in [-0.1, -0.05) is 24.3 Å². The van der Waals surface area contributed by atoms with Crippen LogP contribution in [0.25, 0.3) is 5.76 Å². The molecular formula is C21H13F3N2O5. The molecule has 158 valence electrons. The van der Waals surface area contributed by atoms with E-state index in [1.165, 1.54) is 18.2 Å². The van der Waals surface area contributed by atoms with Crippen LogP contribution in [-0.4, -0.2) is 21.6 Å². The molecule has 0 heterocycles. The first-order valence-corrected chi connectivity index (χ1v) is 8.67. The monoisotopic (exact) mass is 430 g/mol. The number of fused-ring (bicyclic) bond motifs is 1. The zero-order chi connectivity index (χ0) is 22.8. The summed E-state index contributed by atoms with van der Waals surface area (Å²) in [5, 5.41) is 23.9. The van der Waals surface area contributed by atoms with Crippen LogP contribution >= 0.6 is 0 Å². The van der Waals surface area contributed by atoms with Crippen molar-refractivity contribution in [3.05, 3.63) is 99.3 Å². The van der Waals surface area contributed by atoms with E-state index in [2.05, 4.69) is 5.32 Å². The highest BCUT2D eigenvalue weighted by Crippen LogP contribution is 2.35. The van der Waals surface area contributed by atoms with E-state index in [0.29, 0.717) is 12.1 Å². The average Bonchev–Trinajstić information content (AvgIpc) is 2.70. The number of nitrogens with one attached hydrogen (secondary N) is 1. The maximum Gasteiger partial charge on any atom is 0.416 e. The summed E-state index contributed by atoms with van der Waals surface area (Å²) in [5.74, 6) is -1.66. The molecule has 0 bridgehead atoms. The number of rotatable bonds is 3. The second kappa shape index (κ2) is 8.27. The summed E-state index contributed by atoms with van der Waals surface area (Å²) < 4.78 is 38.7. The zero-order valence-corrected chi connectivity index (χ0v) is 15.5. The molecule has 10 heteroatoms. The quantitative estimate of drug-likeness (QED) is 0.533. The molecule has 0 aliphatic heterocycles. The van der Waals surface area contributed by atoms with Crippen LogP contribution in [0, 0.1) is 10.1 Å². The zero-order valence-electron chi connectivity index (χ0n) is 15.5. The fourth-order valence-corrected chi connectivity index (χ4v) is 2.82. The van der Waals surface area contributed by atoms with E-state index in [1.54, 1.807) is 6.07 Å². The molecule has 0 atom stereocenters. The molecular weight excluding hydrogens is 417 g/mol. The lowest BCUT2D eigenvalue weighted by molar-refractivity contribution is -0.384. The van der Waals surface area contributed by atoms with Crippen LogP contribution in [-0.2, 0) is 11.0 Å². The van der Waals surface area contributed by atoms with Crippen LogP contribution in [0.3, 0.4) is 0 Å². The molecule has 0 unspecified atom stereocenters. The van der Waals surface area contributed by atoms with Gasteiger partial charge in [-0.15, -0.1) is 0 Å². The number of nitro groups is 1. The largest absolute Gasteiger partial charge is 0.507 e. The number of alkyl halides is 3. The predicted molar refractivity (Wildman–Crippen MR) is 105 cm³/mol.